The van der Waals surface area contributed by atoms with Gasteiger partial charge < -0.3 is 4.90 Å². The van der Waals surface area contributed by atoms with E-state index in [-0.39, 0.29) is 11.8 Å². The van der Waals surface area contributed by atoms with Gasteiger partial charge in [0, 0.05) is 18.3 Å². The number of hydrogen-bond acceptors (Lipinski definition) is 3. The molecular formula is C15H23NO3S. The fourth-order valence-electron chi connectivity index (χ4n) is 2.31. The monoisotopic (exact) mass is 297 g/mol. The maximum Gasteiger partial charge on any atom is 0.266 e. The van der Waals surface area contributed by atoms with Gasteiger partial charge in [-0.3, -0.25) is 4.55 Å². The smallest absolute Gasteiger partial charge is 0.266 e. The van der Waals surface area contributed by atoms with Crippen LogP contribution in [0.3, 0.4) is 0 Å². The minimum atomic E-state index is -4.02. The van der Waals surface area contributed by atoms with E-state index < -0.39 is 10.1 Å². The summed E-state index contributed by atoms with van der Waals surface area (Å²) in [6, 6.07) is 9.38. The Morgan fingerprint density at radius 2 is 1.95 bits per heavy atom. The summed E-state index contributed by atoms with van der Waals surface area (Å²) < 4.78 is 31.7. The second-order valence-corrected chi connectivity index (χ2v) is 6.52. The van der Waals surface area contributed by atoms with Gasteiger partial charge in [-0.2, -0.15) is 8.42 Å². The molecule has 0 aliphatic rings. The quantitative estimate of drug-likeness (QED) is 0.750. The van der Waals surface area contributed by atoms with Gasteiger partial charge in [0.1, 0.15) is 0 Å². The van der Waals surface area contributed by atoms with Crippen molar-refractivity contribution in [1.82, 2.24) is 4.90 Å². The van der Waals surface area contributed by atoms with E-state index in [1.165, 1.54) is 0 Å². The molecule has 4 nitrogen and oxygen atoms in total. The molecule has 0 aliphatic carbocycles. The summed E-state index contributed by atoms with van der Waals surface area (Å²) in [5.41, 5.74) is 1.86. The normalized spacial score (nSPS) is 12.9. The summed E-state index contributed by atoms with van der Waals surface area (Å²) in [5, 5.41) is 0. The Morgan fingerprint density at radius 1 is 1.35 bits per heavy atom. The van der Waals surface area contributed by atoms with Gasteiger partial charge in [-0.1, -0.05) is 43.8 Å². The van der Waals surface area contributed by atoms with Crippen molar-refractivity contribution in [3.8, 4) is 0 Å². The Morgan fingerprint density at radius 3 is 2.40 bits per heavy atom. The van der Waals surface area contributed by atoms with E-state index in [2.05, 4.69) is 6.58 Å². The molecule has 0 saturated carbocycles. The Labute approximate surface area is 121 Å². The van der Waals surface area contributed by atoms with Crippen LogP contribution in [-0.2, 0) is 16.5 Å². The second-order valence-electron chi connectivity index (χ2n) is 5.02. The van der Waals surface area contributed by atoms with Crippen LogP contribution in [0.25, 0.3) is 0 Å². The van der Waals surface area contributed by atoms with Crippen LogP contribution >= 0.6 is 0 Å². The zero-order chi connectivity index (χ0) is 15.2. The van der Waals surface area contributed by atoms with Crippen LogP contribution < -0.4 is 0 Å². The number of hydrogen-bond donors (Lipinski definition) is 1. The summed E-state index contributed by atoms with van der Waals surface area (Å²) >= 11 is 0. The average molecular weight is 297 g/mol. The van der Waals surface area contributed by atoms with Gasteiger partial charge in [0.05, 0.1) is 5.75 Å². The van der Waals surface area contributed by atoms with E-state index in [4.69, 9.17) is 0 Å². The average Bonchev–Trinajstić information content (AvgIpc) is 2.34. The molecule has 1 atom stereocenters. The van der Waals surface area contributed by atoms with E-state index in [0.29, 0.717) is 6.42 Å². The highest BCUT2D eigenvalue weighted by atomic mass is 32.2. The second kappa shape index (κ2) is 7.45. The van der Waals surface area contributed by atoms with Gasteiger partial charge in [0.25, 0.3) is 10.1 Å². The highest BCUT2D eigenvalue weighted by Gasteiger charge is 2.23. The molecule has 0 aromatic heterocycles. The van der Waals surface area contributed by atoms with Crippen LogP contribution in [0, 0.1) is 0 Å². The summed E-state index contributed by atoms with van der Waals surface area (Å²) in [7, 11) is -4.02. The van der Waals surface area contributed by atoms with Crippen molar-refractivity contribution in [3.63, 3.8) is 0 Å². The molecule has 5 heteroatoms. The maximum atomic E-state index is 11.3. The van der Waals surface area contributed by atoms with Crippen molar-refractivity contribution < 1.29 is 13.0 Å². The molecule has 1 rings (SSSR count). The van der Waals surface area contributed by atoms with Crippen LogP contribution in [0.4, 0.5) is 0 Å². The lowest BCUT2D eigenvalue weighted by Crippen LogP contribution is -2.40. The zero-order valence-electron chi connectivity index (χ0n) is 12.1. The zero-order valence-corrected chi connectivity index (χ0v) is 12.9. The Hall–Kier alpha value is -1.33. The third-order valence-corrected chi connectivity index (χ3v) is 3.92. The van der Waals surface area contributed by atoms with Gasteiger partial charge in [-0.05, 0) is 25.3 Å². The summed E-state index contributed by atoms with van der Waals surface area (Å²) in [6.45, 7) is 8.53. The van der Waals surface area contributed by atoms with Gasteiger partial charge in [0.15, 0.2) is 0 Å². The number of rotatable bonds is 8. The van der Waals surface area contributed by atoms with Crippen LogP contribution in [0.1, 0.15) is 25.8 Å². The maximum absolute atomic E-state index is 11.3. The lowest BCUT2D eigenvalue weighted by atomic mass is 10.1. The van der Waals surface area contributed by atoms with E-state index >= 15 is 0 Å². The Bertz CT molecular complexity index is 525. The molecule has 0 radical (unpaired) electrons. The van der Waals surface area contributed by atoms with Crippen molar-refractivity contribution in [3.05, 3.63) is 48.2 Å². The molecule has 0 saturated heterocycles. The molecule has 1 aromatic rings. The third-order valence-electron chi connectivity index (χ3n) is 3.11. The minimum Gasteiger partial charge on any atom is -0.371 e. The van der Waals surface area contributed by atoms with Crippen LogP contribution in [0.5, 0.6) is 0 Å². The number of nitrogens with zero attached hydrogens (tertiary/aromatic N) is 1. The molecular weight excluding hydrogens is 274 g/mol. The van der Waals surface area contributed by atoms with Crippen molar-refractivity contribution in [2.75, 3.05) is 12.3 Å². The van der Waals surface area contributed by atoms with Crippen molar-refractivity contribution >= 4 is 10.1 Å². The molecule has 0 bridgehead atoms. The van der Waals surface area contributed by atoms with Crippen molar-refractivity contribution in [2.45, 2.75) is 32.7 Å². The fraction of sp³-hybridized carbons (Fsp3) is 0.467. The van der Waals surface area contributed by atoms with Gasteiger partial charge in [-0.25, -0.2) is 0 Å². The molecule has 112 valence electrons. The summed E-state index contributed by atoms with van der Waals surface area (Å²) in [6.07, 6.45) is 1.46. The van der Waals surface area contributed by atoms with Crippen molar-refractivity contribution in [1.29, 1.82) is 0 Å². The molecule has 0 aliphatic heterocycles. The Kier molecular flexibility index (Phi) is 6.23. The SMILES string of the molecule is C=C(C)N(CCC)C(Cc1ccccc1)CS(=O)(=O)O. The van der Waals surface area contributed by atoms with Gasteiger partial charge >= 0.3 is 0 Å². The third kappa shape index (κ3) is 5.75. The fourth-order valence-corrected chi connectivity index (χ4v) is 3.10. The first-order valence-electron chi connectivity index (χ1n) is 6.74. The lowest BCUT2D eigenvalue weighted by Gasteiger charge is -2.33. The molecule has 20 heavy (non-hydrogen) atoms. The van der Waals surface area contributed by atoms with Crippen molar-refractivity contribution in [2.24, 2.45) is 0 Å². The molecule has 0 heterocycles. The Balaban J connectivity index is 2.97. The van der Waals surface area contributed by atoms with E-state index in [1.54, 1.807) is 0 Å². The van der Waals surface area contributed by atoms with Crippen LogP contribution in [0.2, 0.25) is 0 Å². The molecule has 1 unspecified atom stereocenters. The van der Waals surface area contributed by atoms with Crippen LogP contribution in [0.15, 0.2) is 42.6 Å². The van der Waals surface area contributed by atoms with E-state index in [0.717, 1.165) is 24.2 Å². The largest absolute Gasteiger partial charge is 0.371 e. The topological polar surface area (TPSA) is 57.6 Å². The molecule has 1 aromatic carbocycles. The standard InChI is InChI=1S/C15H23NO3S/c1-4-10-16(13(2)3)15(12-20(17,18)19)11-14-8-6-5-7-9-14/h5-9,15H,2,4,10-12H2,1,3H3,(H,17,18,19). The number of benzene rings is 1. The predicted molar refractivity (Wildman–Crippen MR) is 82.2 cm³/mol. The summed E-state index contributed by atoms with van der Waals surface area (Å²) in [5.74, 6) is -0.283. The van der Waals surface area contributed by atoms with Crippen LogP contribution in [-0.4, -0.2) is 36.2 Å². The first-order valence-corrected chi connectivity index (χ1v) is 8.35. The summed E-state index contributed by atoms with van der Waals surface area (Å²) in [4.78, 5) is 1.96. The van der Waals surface area contributed by atoms with Gasteiger partial charge in [-0.15, -0.1) is 0 Å². The predicted octanol–water partition coefficient (Wildman–Crippen LogP) is 2.73. The van der Waals surface area contributed by atoms with Gasteiger partial charge in [0.2, 0.25) is 0 Å². The first kappa shape index (κ1) is 16.7. The highest BCUT2D eigenvalue weighted by molar-refractivity contribution is 7.85. The number of allylic oxidation sites excluding steroid dienone is 1. The highest BCUT2D eigenvalue weighted by Crippen LogP contribution is 2.15. The van der Waals surface area contributed by atoms with E-state index in [9.17, 15) is 13.0 Å². The molecule has 0 amide bonds. The molecule has 0 spiro atoms. The molecule has 0 fully saturated rings. The molecule has 1 N–H and O–H groups in total. The van der Waals surface area contributed by atoms with E-state index in [1.807, 2.05) is 49.1 Å². The first-order chi connectivity index (χ1) is 9.33. The minimum absolute atomic E-state index is 0.283. The lowest BCUT2D eigenvalue weighted by molar-refractivity contribution is 0.266.